The Hall–Kier alpha value is -6.54. The second-order valence-corrected chi connectivity index (χ2v) is 15.1. The van der Waals surface area contributed by atoms with E-state index in [1.54, 1.807) is 0 Å². The van der Waals surface area contributed by atoms with Gasteiger partial charge < -0.3 is 0 Å². The molecule has 0 aliphatic carbocycles. The molecule has 0 radical (unpaired) electrons. The summed E-state index contributed by atoms with van der Waals surface area (Å²) >= 11 is 1.88. The van der Waals surface area contributed by atoms with E-state index < -0.39 is 0 Å². The van der Waals surface area contributed by atoms with Gasteiger partial charge in [0.25, 0.3) is 0 Å². The molecule has 53 heavy (non-hydrogen) atoms. The van der Waals surface area contributed by atoms with Crippen LogP contribution in [0.3, 0.4) is 0 Å². The topological polar surface area (TPSA) is 0 Å². The van der Waals surface area contributed by atoms with Crippen LogP contribution in [-0.2, 0) is 0 Å². The SMILES string of the molecule is c1cc(-c2ccc3sc4ccc5ccccc5c4c3c2)cc(-c2c3ccccc3c(-c3cccc(-c4cccc5ccccc45)c3)c3ccccc23)c1. The zero-order valence-corrected chi connectivity index (χ0v) is 29.7. The Bertz CT molecular complexity index is 3170. The lowest BCUT2D eigenvalue weighted by Crippen LogP contribution is -1.91. The van der Waals surface area contributed by atoms with E-state index in [0.717, 1.165) is 0 Å². The van der Waals surface area contributed by atoms with Gasteiger partial charge in [0, 0.05) is 20.2 Å². The van der Waals surface area contributed by atoms with E-state index >= 15 is 0 Å². The normalized spacial score (nSPS) is 11.8. The van der Waals surface area contributed by atoms with Crippen LogP contribution in [0.25, 0.3) is 108 Å². The van der Waals surface area contributed by atoms with Gasteiger partial charge in [-0.05, 0) is 118 Å². The average Bonchev–Trinajstić information content (AvgIpc) is 3.61. The molecule has 11 rings (SSSR count). The summed E-state index contributed by atoms with van der Waals surface area (Å²) < 4.78 is 2.67. The number of hydrogen-bond acceptors (Lipinski definition) is 1. The first-order valence-corrected chi connectivity index (χ1v) is 19.1. The Morgan fingerprint density at radius 2 is 0.736 bits per heavy atom. The van der Waals surface area contributed by atoms with Gasteiger partial charge in [-0.3, -0.25) is 0 Å². The maximum absolute atomic E-state index is 2.40. The van der Waals surface area contributed by atoms with Gasteiger partial charge in [-0.2, -0.15) is 0 Å². The molecule has 0 bridgehead atoms. The molecule has 10 aromatic carbocycles. The minimum absolute atomic E-state index is 1.23. The van der Waals surface area contributed by atoms with E-state index in [1.807, 2.05) is 11.3 Å². The van der Waals surface area contributed by atoms with Crippen molar-refractivity contribution in [1.29, 1.82) is 0 Å². The Labute approximate surface area is 311 Å². The van der Waals surface area contributed by atoms with Crippen LogP contribution in [0.4, 0.5) is 0 Å². The summed E-state index contributed by atoms with van der Waals surface area (Å²) in [6.45, 7) is 0. The standard InChI is InChI=1S/C52H32S/c1-3-19-40-33(12-1)14-11-25-41(40)37-16-10-18-39(31-37)51-45-23-7-5-21-43(45)50(44-22-6-8-24-46(44)51)38-17-9-15-35(30-38)36-27-28-48-47(32-36)52-42-20-4-2-13-34(42)26-29-49(52)53-48/h1-32H. The first-order valence-electron chi connectivity index (χ1n) is 18.3. The van der Waals surface area contributed by atoms with Gasteiger partial charge in [0.05, 0.1) is 0 Å². The summed E-state index contributed by atoms with van der Waals surface area (Å²) in [5.74, 6) is 0. The molecule has 0 nitrogen and oxygen atoms in total. The van der Waals surface area contributed by atoms with Crippen molar-refractivity contribution in [3.63, 3.8) is 0 Å². The fourth-order valence-corrected chi connectivity index (χ4v) is 9.75. The molecule has 0 saturated heterocycles. The third kappa shape index (κ3) is 4.82. The third-order valence-electron chi connectivity index (χ3n) is 11.0. The zero-order valence-electron chi connectivity index (χ0n) is 28.9. The highest BCUT2D eigenvalue weighted by Crippen LogP contribution is 2.46. The second kappa shape index (κ2) is 12.0. The Morgan fingerprint density at radius 1 is 0.264 bits per heavy atom. The van der Waals surface area contributed by atoms with E-state index in [1.165, 1.54) is 108 Å². The number of thiophene rings is 1. The zero-order chi connectivity index (χ0) is 34.9. The summed E-state index contributed by atoms with van der Waals surface area (Å²) in [6, 6.07) is 71.8. The molecule has 246 valence electrons. The highest BCUT2D eigenvalue weighted by Gasteiger charge is 2.18. The second-order valence-electron chi connectivity index (χ2n) is 14.0. The first-order chi connectivity index (χ1) is 26.3. The fourth-order valence-electron chi connectivity index (χ4n) is 8.65. The molecule has 0 spiro atoms. The summed E-state index contributed by atoms with van der Waals surface area (Å²) in [6.07, 6.45) is 0. The van der Waals surface area contributed by atoms with Gasteiger partial charge >= 0.3 is 0 Å². The van der Waals surface area contributed by atoms with Crippen molar-refractivity contribution in [3.8, 4) is 44.5 Å². The van der Waals surface area contributed by atoms with Gasteiger partial charge in [-0.25, -0.2) is 0 Å². The molecule has 0 unspecified atom stereocenters. The lowest BCUT2D eigenvalue weighted by molar-refractivity contribution is 1.62. The monoisotopic (exact) mass is 688 g/mol. The van der Waals surface area contributed by atoms with Crippen LogP contribution in [0.2, 0.25) is 0 Å². The van der Waals surface area contributed by atoms with E-state index in [2.05, 4.69) is 194 Å². The quantitative estimate of drug-likeness (QED) is 0.162. The number of hydrogen-bond donors (Lipinski definition) is 0. The van der Waals surface area contributed by atoms with Crippen LogP contribution in [-0.4, -0.2) is 0 Å². The molecule has 1 heteroatoms. The van der Waals surface area contributed by atoms with Crippen LogP contribution in [0.5, 0.6) is 0 Å². The average molecular weight is 689 g/mol. The predicted molar refractivity (Wildman–Crippen MR) is 231 cm³/mol. The first kappa shape index (κ1) is 30.1. The smallest absolute Gasteiger partial charge is 0.0361 e. The van der Waals surface area contributed by atoms with Crippen molar-refractivity contribution in [3.05, 3.63) is 194 Å². The highest BCUT2D eigenvalue weighted by molar-refractivity contribution is 7.26. The van der Waals surface area contributed by atoms with Crippen LogP contribution < -0.4 is 0 Å². The maximum Gasteiger partial charge on any atom is 0.0361 e. The van der Waals surface area contributed by atoms with Gasteiger partial charge in [0.15, 0.2) is 0 Å². The minimum Gasteiger partial charge on any atom is -0.135 e. The molecular weight excluding hydrogens is 657 g/mol. The molecule has 1 heterocycles. The van der Waals surface area contributed by atoms with Crippen molar-refractivity contribution in [2.75, 3.05) is 0 Å². The Kier molecular flexibility index (Phi) is 6.83. The lowest BCUT2D eigenvalue weighted by atomic mass is 9.84. The van der Waals surface area contributed by atoms with Crippen molar-refractivity contribution in [2.45, 2.75) is 0 Å². The predicted octanol–water partition coefficient (Wildman–Crippen LogP) is 15.3. The van der Waals surface area contributed by atoms with E-state index in [-0.39, 0.29) is 0 Å². The fraction of sp³-hybridized carbons (Fsp3) is 0. The molecule has 11 aromatic rings. The summed E-state index contributed by atoms with van der Waals surface area (Å²) in [5.41, 5.74) is 9.96. The largest absolute Gasteiger partial charge is 0.135 e. The van der Waals surface area contributed by atoms with Gasteiger partial charge in [-0.15, -0.1) is 11.3 Å². The van der Waals surface area contributed by atoms with Crippen molar-refractivity contribution in [1.82, 2.24) is 0 Å². The van der Waals surface area contributed by atoms with E-state index in [0.29, 0.717) is 0 Å². The molecule has 0 fully saturated rings. The molecule has 0 N–H and O–H groups in total. The van der Waals surface area contributed by atoms with Crippen LogP contribution >= 0.6 is 11.3 Å². The minimum atomic E-state index is 1.23. The maximum atomic E-state index is 2.40. The van der Waals surface area contributed by atoms with Crippen LogP contribution in [0, 0.1) is 0 Å². The van der Waals surface area contributed by atoms with Crippen LogP contribution in [0.1, 0.15) is 0 Å². The van der Waals surface area contributed by atoms with Crippen molar-refractivity contribution in [2.24, 2.45) is 0 Å². The summed E-state index contributed by atoms with van der Waals surface area (Å²) in [5, 5.41) is 12.9. The summed E-state index contributed by atoms with van der Waals surface area (Å²) in [7, 11) is 0. The van der Waals surface area contributed by atoms with Gasteiger partial charge in [0.2, 0.25) is 0 Å². The van der Waals surface area contributed by atoms with E-state index in [4.69, 9.17) is 0 Å². The molecule has 0 amide bonds. The molecule has 0 atom stereocenters. The number of fused-ring (bicyclic) bond motifs is 8. The molecule has 0 saturated carbocycles. The van der Waals surface area contributed by atoms with Crippen molar-refractivity contribution >= 4 is 74.6 Å². The molecular formula is C52H32S. The lowest BCUT2D eigenvalue weighted by Gasteiger charge is -2.19. The molecule has 0 aliphatic heterocycles. The Balaban J connectivity index is 1.10. The van der Waals surface area contributed by atoms with Gasteiger partial charge in [0.1, 0.15) is 0 Å². The van der Waals surface area contributed by atoms with Crippen molar-refractivity contribution < 1.29 is 0 Å². The number of rotatable bonds is 4. The third-order valence-corrected chi connectivity index (χ3v) is 12.2. The Morgan fingerprint density at radius 3 is 1.42 bits per heavy atom. The summed E-state index contributed by atoms with van der Waals surface area (Å²) in [4.78, 5) is 0. The molecule has 1 aromatic heterocycles. The highest BCUT2D eigenvalue weighted by atomic mass is 32.1. The van der Waals surface area contributed by atoms with Crippen LogP contribution in [0.15, 0.2) is 194 Å². The number of benzene rings is 10. The van der Waals surface area contributed by atoms with E-state index in [9.17, 15) is 0 Å². The molecule has 0 aliphatic rings. The van der Waals surface area contributed by atoms with Gasteiger partial charge in [-0.1, -0.05) is 164 Å².